The first-order valence-electron chi connectivity index (χ1n) is 11.6. The average molecular weight is 518 g/mol. The maximum Gasteiger partial charge on any atom is 0.338 e. The Hall–Kier alpha value is -4.24. The van der Waals surface area contributed by atoms with Crippen LogP contribution in [0.15, 0.2) is 82.2 Å². The van der Waals surface area contributed by atoms with Gasteiger partial charge in [-0.25, -0.2) is 9.79 Å². The van der Waals surface area contributed by atoms with Crippen LogP contribution in [-0.2, 0) is 14.3 Å². The molecule has 1 aliphatic rings. The van der Waals surface area contributed by atoms with E-state index in [1.807, 2.05) is 49.3 Å². The lowest BCUT2D eigenvalue weighted by atomic mass is 9.96. The second kappa shape index (κ2) is 10.8. The van der Waals surface area contributed by atoms with Crippen LogP contribution in [0.25, 0.3) is 6.08 Å². The predicted octanol–water partition coefficient (Wildman–Crippen LogP) is 2.96. The molecule has 0 N–H and O–H groups in total. The number of anilines is 1. The molecule has 1 aromatic heterocycles. The van der Waals surface area contributed by atoms with Gasteiger partial charge in [-0.05, 0) is 48.4 Å². The zero-order valence-corrected chi connectivity index (χ0v) is 21.9. The fraction of sp³-hybridized carbons (Fsp3) is 0.214. The predicted molar refractivity (Wildman–Crippen MR) is 143 cm³/mol. The molecule has 0 unspecified atom stereocenters. The number of allylic oxidation sites excluding steroid dienone is 1. The van der Waals surface area contributed by atoms with Crippen molar-refractivity contribution in [3.8, 4) is 5.75 Å². The molecule has 8 nitrogen and oxygen atoms in total. The van der Waals surface area contributed by atoms with Gasteiger partial charge in [-0.3, -0.25) is 14.2 Å². The SMILES string of the molecule is C=CCOC(=O)C1=C(C)N=c2s/c(=C/c3ccc(N(C)C)cc3)c(=O)n2[C@H]1c1ccc(OC(C)=O)cc1. The molecule has 3 aromatic rings. The third kappa shape index (κ3) is 5.46. The van der Waals surface area contributed by atoms with Crippen LogP contribution in [0.2, 0.25) is 0 Å². The summed E-state index contributed by atoms with van der Waals surface area (Å²) in [6, 6.07) is 13.8. The van der Waals surface area contributed by atoms with Gasteiger partial charge in [0.15, 0.2) is 4.80 Å². The Morgan fingerprint density at radius 3 is 2.41 bits per heavy atom. The molecule has 0 radical (unpaired) electrons. The summed E-state index contributed by atoms with van der Waals surface area (Å²) >= 11 is 1.26. The Morgan fingerprint density at radius 1 is 1.14 bits per heavy atom. The summed E-state index contributed by atoms with van der Waals surface area (Å²) in [5.41, 5.74) is 3.03. The zero-order chi connectivity index (χ0) is 26.7. The third-order valence-electron chi connectivity index (χ3n) is 5.74. The topological polar surface area (TPSA) is 90.2 Å². The Kier molecular flexibility index (Phi) is 7.54. The Bertz CT molecular complexity index is 1560. The van der Waals surface area contributed by atoms with Gasteiger partial charge in [0, 0.05) is 26.7 Å². The molecule has 0 bridgehead atoms. The van der Waals surface area contributed by atoms with Crippen molar-refractivity contribution in [2.75, 3.05) is 25.6 Å². The minimum absolute atomic E-state index is 0.0289. The number of rotatable bonds is 7. The molecule has 0 spiro atoms. The molecule has 190 valence electrons. The maximum absolute atomic E-state index is 13.7. The fourth-order valence-corrected chi connectivity index (χ4v) is 5.06. The van der Waals surface area contributed by atoms with Crippen molar-refractivity contribution in [2.45, 2.75) is 19.9 Å². The summed E-state index contributed by atoms with van der Waals surface area (Å²) in [5, 5.41) is 0. The Morgan fingerprint density at radius 2 is 1.81 bits per heavy atom. The molecule has 4 rings (SSSR count). The van der Waals surface area contributed by atoms with Crippen LogP contribution in [0.4, 0.5) is 5.69 Å². The first-order chi connectivity index (χ1) is 17.7. The lowest BCUT2D eigenvalue weighted by molar-refractivity contribution is -0.138. The number of benzene rings is 2. The average Bonchev–Trinajstić information content (AvgIpc) is 3.16. The fourth-order valence-electron chi connectivity index (χ4n) is 4.01. The second-order valence-electron chi connectivity index (χ2n) is 8.62. The van der Waals surface area contributed by atoms with Gasteiger partial charge >= 0.3 is 11.9 Å². The molecule has 0 amide bonds. The van der Waals surface area contributed by atoms with Crippen molar-refractivity contribution in [3.05, 3.63) is 103 Å². The van der Waals surface area contributed by atoms with Gasteiger partial charge in [0.25, 0.3) is 5.56 Å². The van der Waals surface area contributed by atoms with E-state index in [1.54, 1.807) is 31.2 Å². The molecule has 1 aliphatic heterocycles. The molecule has 0 saturated carbocycles. The Balaban J connectivity index is 1.86. The van der Waals surface area contributed by atoms with Crippen LogP contribution in [-0.4, -0.2) is 37.2 Å². The number of esters is 2. The zero-order valence-electron chi connectivity index (χ0n) is 21.1. The summed E-state index contributed by atoms with van der Waals surface area (Å²) in [5.74, 6) is -0.658. The summed E-state index contributed by atoms with van der Waals surface area (Å²) in [6.07, 6.45) is 3.30. The van der Waals surface area contributed by atoms with Crippen molar-refractivity contribution < 1.29 is 19.1 Å². The highest BCUT2D eigenvalue weighted by Crippen LogP contribution is 2.31. The normalized spacial score (nSPS) is 15.0. The lowest BCUT2D eigenvalue weighted by Gasteiger charge is -2.24. The quantitative estimate of drug-likeness (QED) is 0.272. The molecular formula is C28H27N3O5S. The lowest BCUT2D eigenvalue weighted by Crippen LogP contribution is -2.39. The number of carbonyl (C=O) groups excluding carboxylic acids is 2. The highest BCUT2D eigenvalue weighted by Gasteiger charge is 2.33. The molecular weight excluding hydrogens is 490 g/mol. The second-order valence-corrected chi connectivity index (χ2v) is 9.63. The van der Waals surface area contributed by atoms with Gasteiger partial charge in [-0.1, -0.05) is 48.3 Å². The van der Waals surface area contributed by atoms with E-state index in [0.717, 1.165) is 11.3 Å². The highest BCUT2D eigenvalue weighted by molar-refractivity contribution is 7.07. The largest absolute Gasteiger partial charge is 0.458 e. The molecule has 9 heteroatoms. The summed E-state index contributed by atoms with van der Waals surface area (Å²) in [4.78, 5) is 45.2. The van der Waals surface area contributed by atoms with E-state index in [-0.39, 0.29) is 17.7 Å². The van der Waals surface area contributed by atoms with Crippen molar-refractivity contribution in [1.82, 2.24) is 4.57 Å². The van der Waals surface area contributed by atoms with E-state index < -0.39 is 18.0 Å². The van der Waals surface area contributed by atoms with Crippen LogP contribution in [0.5, 0.6) is 5.75 Å². The number of thiazole rings is 1. The first kappa shape index (κ1) is 25.8. The van der Waals surface area contributed by atoms with Crippen LogP contribution in [0.3, 0.4) is 0 Å². The van der Waals surface area contributed by atoms with E-state index in [0.29, 0.717) is 26.3 Å². The van der Waals surface area contributed by atoms with Crippen LogP contribution in [0, 0.1) is 0 Å². The smallest absolute Gasteiger partial charge is 0.338 e. The van der Waals surface area contributed by atoms with Gasteiger partial charge in [-0.2, -0.15) is 0 Å². The number of fused-ring (bicyclic) bond motifs is 1. The number of carbonyl (C=O) groups is 2. The summed E-state index contributed by atoms with van der Waals surface area (Å²) < 4.78 is 12.5. The molecule has 0 saturated heterocycles. The van der Waals surface area contributed by atoms with Gasteiger partial charge in [-0.15, -0.1) is 0 Å². The Labute approximate surface area is 218 Å². The number of hydrogen-bond acceptors (Lipinski definition) is 8. The van der Waals surface area contributed by atoms with E-state index >= 15 is 0 Å². The minimum Gasteiger partial charge on any atom is -0.458 e. The molecule has 0 fully saturated rings. The summed E-state index contributed by atoms with van der Waals surface area (Å²) in [7, 11) is 3.93. The van der Waals surface area contributed by atoms with Crippen LogP contribution < -0.4 is 24.5 Å². The maximum atomic E-state index is 13.7. The molecule has 2 heterocycles. The van der Waals surface area contributed by atoms with Crippen LogP contribution >= 0.6 is 11.3 Å². The number of hydrogen-bond donors (Lipinski definition) is 0. The van der Waals surface area contributed by atoms with Gasteiger partial charge in [0.05, 0.1) is 21.8 Å². The standard InChI is InChI=1S/C28H27N3O5S/c1-6-15-35-27(34)24-17(2)29-28-31(25(24)20-9-13-22(14-10-20)36-18(3)32)26(33)23(37-28)16-19-7-11-21(12-8-19)30(4)5/h6-14,16,25H,1,15H2,2-5H3/b23-16+/t25-/m0/s1. The number of aromatic nitrogens is 1. The van der Waals surface area contributed by atoms with E-state index in [9.17, 15) is 14.4 Å². The highest BCUT2D eigenvalue weighted by atomic mass is 32.1. The van der Waals surface area contributed by atoms with Crippen molar-refractivity contribution in [2.24, 2.45) is 4.99 Å². The molecule has 37 heavy (non-hydrogen) atoms. The van der Waals surface area contributed by atoms with Gasteiger partial charge < -0.3 is 14.4 Å². The van der Waals surface area contributed by atoms with E-state index in [4.69, 9.17) is 9.47 Å². The monoisotopic (exact) mass is 517 g/mol. The molecule has 2 aromatic carbocycles. The van der Waals surface area contributed by atoms with Crippen molar-refractivity contribution in [1.29, 1.82) is 0 Å². The van der Waals surface area contributed by atoms with E-state index in [2.05, 4.69) is 11.6 Å². The number of nitrogens with zero attached hydrogens (tertiary/aromatic N) is 3. The van der Waals surface area contributed by atoms with Crippen molar-refractivity contribution in [3.63, 3.8) is 0 Å². The van der Waals surface area contributed by atoms with E-state index in [1.165, 1.54) is 28.9 Å². The molecule has 1 atom stereocenters. The minimum atomic E-state index is -0.766. The molecule has 0 aliphatic carbocycles. The van der Waals surface area contributed by atoms with Crippen LogP contribution in [0.1, 0.15) is 31.0 Å². The van der Waals surface area contributed by atoms with Gasteiger partial charge in [0.1, 0.15) is 12.4 Å². The summed E-state index contributed by atoms with van der Waals surface area (Å²) in [6.45, 7) is 6.67. The van der Waals surface area contributed by atoms with Gasteiger partial charge in [0.2, 0.25) is 0 Å². The third-order valence-corrected chi connectivity index (χ3v) is 6.72. The number of ether oxygens (including phenoxy) is 2. The first-order valence-corrected chi connectivity index (χ1v) is 12.4. The van der Waals surface area contributed by atoms with Crippen molar-refractivity contribution >= 4 is 35.0 Å².